The van der Waals surface area contributed by atoms with Crippen molar-refractivity contribution in [3.05, 3.63) is 76.5 Å². The van der Waals surface area contributed by atoms with E-state index in [-0.39, 0.29) is 5.91 Å². The fourth-order valence-corrected chi connectivity index (χ4v) is 4.58. The van der Waals surface area contributed by atoms with Gasteiger partial charge in [-0.15, -0.1) is 0 Å². The number of fused-ring (bicyclic) bond motifs is 1. The van der Waals surface area contributed by atoms with E-state index in [9.17, 15) is 4.79 Å². The number of morpholine rings is 1. The molecule has 1 fully saturated rings. The largest absolute Gasteiger partial charge is 0.366 e. The average Bonchev–Trinajstić information content (AvgIpc) is 3.22. The number of benzene rings is 2. The predicted octanol–water partition coefficient (Wildman–Crippen LogP) is 4.77. The Morgan fingerprint density at radius 2 is 1.91 bits per heavy atom. The fraction of sp³-hybridized carbons (Fsp3) is 0.208. The van der Waals surface area contributed by atoms with E-state index in [0.717, 1.165) is 34.3 Å². The first kappa shape index (κ1) is 21.9. The number of H-pyrrole nitrogens is 1. The summed E-state index contributed by atoms with van der Waals surface area (Å²) in [5.41, 5.74) is 4.34. The minimum atomic E-state index is -0.576. The number of carbonyl (C=O) groups excluding carboxylic acids is 1. The van der Waals surface area contributed by atoms with E-state index in [0.29, 0.717) is 35.4 Å². The first-order chi connectivity index (χ1) is 16.0. The van der Waals surface area contributed by atoms with Crippen LogP contribution in [0.4, 0.5) is 5.69 Å². The number of ether oxygens (including phenoxy) is 1. The lowest BCUT2D eigenvalue weighted by Crippen LogP contribution is -2.47. The van der Waals surface area contributed by atoms with E-state index in [1.54, 1.807) is 18.5 Å². The lowest BCUT2D eigenvalue weighted by Gasteiger charge is -2.32. The Morgan fingerprint density at radius 1 is 1.12 bits per heavy atom. The fourth-order valence-electron chi connectivity index (χ4n) is 4.01. The van der Waals surface area contributed by atoms with Crippen molar-refractivity contribution in [2.45, 2.75) is 12.6 Å². The highest BCUT2D eigenvalue weighted by Crippen LogP contribution is 2.28. The molecule has 9 heteroatoms. The van der Waals surface area contributed by atoms with Crippen LogP contribution >= 0.6 is 23.2 Å². The number of halogens is 2. The second-order valence-corrected chi connectivity index (χ2v) is 8.80. The van der Waals surface area contributed by atoms with Crippen molar-refractivity contribution in [2.24, 2.45) is 0 Å². The molecule has 2 N–H and O–H groups in total. The van der Waals surface area contributed by atoms with E-state index >= 15 is 0 Å². The minimum Gasteiger partial charge on any atom is -0.366 e. The van der Waals surface area contributed by atoms with Crippen LogP contribution in [0.2, 0.25) is 10.0 Å². The Hall–Kier alpha value is -2.97. The van der Waals surface area contributed by atoms with Crippen LogP contribution < -0.4 is 5.32 Å². The number of rotatable bonds is 5. The molecule has 0 bridgehead atoms. The summed E-state index contributed by atoms with van der Waals surface area (Å²) >= 11 is 12.2. The van der Waals surface area contributed by atoms with Gasteiger partial charge in [-0.25, -0.2) is 0 Å². The summed E-state index contributed by atoms with van der Waals surface area (Å²) < 4.78 is 5.76. The molecule has 1 unspecified atom stereocenters. The van der Waals surface area contributed by atoms with E-state index in [2.05, 4.69) is 25.4 Å². The Labute approximate surface area is 200 Å². The van der Waals surface area contributed by atoms with E-state index in [1.165, 1.54) is 0 Å². The first-order valence-corrected chi connectivity index (χ1v) is 11.3. The molecule has 1 saturated heterocycles. The molecule has 1 atom stereocenters. The van der Waals surface area contributed by atoms with Gasteiger partial charge in [-0.1, -0.05) is 23.2 Å². The van der Waals surface area contributed by atoms with Crippen LogP contribution in [0.1, 0.15) is 5.56 Å². The molecule has 33 heavy (non-hydrogen) atoms. The monoisotopic (exact) mass is 481 g/mol. The van der Waals surface area contributed by atoms with Gasteiger partial charge in [0.1, 0.15) is 11.8 Å². The summed E-state index contributed by atoms with van der Waals surface area (Å²) in [7, 11) is 0. The number of hydrogen-bond donors (Lipinski definition) is 2. The normalized spacial score (nSPS) is 16.7. The van der Waals surface area contributed by atoms with Gasteiger partial charge < -0.3 is 10.1 Å². The van der Waals surface area contributed by atoms with Gasteiger partial charge in [-0.3, -0.25) is 19.8 Å². The van der Waals surface area contributed by atoms with Gasteiger partial charge >= 0.3 is 0 Å². The van der Waals surface area contributed by atoms with Crippen LogP contribution in [0, 0.1) is 0 Å². The predicted molar refractivity (Wildman–Crippen MR) is 129 cm³/mol. The van der Waals surface area contributed by atoms with Crippen molar-refractivity contribution < 1.29 is 9.53 Å². The van der Waals surface area contributed by atoms with E-state index in [1.807, 2.05) is 42.5 Å². The zero-order valence-corrected chi connectivity index (χ0v) is 19.1. The highest BCUT2D eigenvalue weighted by molar-refractivity contribution is 6.34. The number of carbonyl (C=O) groups is 1. The molecule has 5 rings (SSSR count). The smallest absolute Gasteiger partial charge is 0.254 e. The van der Waals surface area contributed by atoms with Gasteiger partial charge in [0.15, 0.2) is 0 Å². The molecule has 4 aromatic rings. The SMILES string of the molecule is O=C(Nc1ccc2[nH]nc(-c3ccncc3)c2c1)C1CN(Cc2cc(Cl)cc(Cl)c2)CCO1. The van der Waals surface area contributed by atoms with E-state index < -0.39 is 6.10 Å². The number of pyridine rings is 1. The van der Waals surface area contributed by atoms with Gasteiger partial charge in [0, 0.05) is 58.7 Å². The summed E-state index contributed by atoms with van der Waals surface area (Å²) in [5.74, 6) is -0.183. The van der Waals surface area contributed by atoms with Gasteiger partial charge in [0.25, 0.3) is 5.91 Å². The van der Waals surface area contributed by atoms with Crippen LogP contribution in [0.5, 0.6) is 0 Å². The van der Waals surface area contributed by atoms with Crippen molar-refractivity contribution in [3.8, 4) is 11.3 Å². The topological polar surface area (TPSA) is 83.1 Å². The highest BCUT2D eigenvalue weighted by Gasteiger charge is 2.27. The number of aromatic nitrogens is 3. The quantitative estimate of drug-likeness (QED) is 0.428. The first-order valence-electron chi connectivity index (χ1n) is 10.5. The third kappa shape index (κ3) is 5.02. The molecule has 1 aliphatic rings. The molecule has 2 aromatic carbocycles. The zero-order chi connectivity index (χ0) is 22.8. The third-order valence-electron chi connectivity index (χ3n) is 5.56. The number of nitrogens with zero attached hydrogens (tertiary/aromatic N) is 3. The van der Waals surface area contributed by atoms with Crippen LogP contribution in [-0.2, 0) is 16.1 Å². The maximum Gasteiger partial charge on any atom is 0.254 e. The second-order valence-electron chi connectivity index (χ2n) is 7.93. The summed E-state index contributed by atoms with van der Waals surface area (Å²) in [5, 5.41) is 12.6. The summed E-state index contributed by atoms with van der Waals surface area (Å²) in [4.78, 5) is 19.2. The number of aromatic amines is 1. The van der Waals surface area contributed by atoms with E-state index in [4.69, 9.17) is 27.9 Å². The number of hydrogen-bond acceptors (Lipinski definition) is 5. The minimum absolute atomic E-state index is 0.183. The van der Waals surface area contributed by atoms with Gasteiger partial charge in [0.2, 0.25) is 0 Å². The highest BCUT2D eigenvalue weighted by atomic mass is 35.5. The third-order valence-corrected chi connectivity index (χ3v) is 5.99. The summed E-state index contributed by atoms with van der Waals surface area (Å²) in [6, 6.07) is 15.0. The lowest BCUT2D eigenvalue weighted by molar-refractivity contribution is -0.133. The number of nitrogens with one attached hydrogen (secondary N) is 2. The molecule has 0 saturated carbocycles. The van der Waals surface area contributed by atoms with Crippen LogP contribution in [0.15, 0.2) is 60.9 Å². The van der Waals surface area contributed by atoms with Crippen molar-refractivity contribution in [3.63, 3.8) is 0 Å². The molecule has 168 valence electrons. The maximum absolute atomic E-state index is 13.0. The van der Waals surface area contributed by atoms with Crippen LogP contribution in [0.3, 0.4) is 0 Å². The van der Waals surface area contributed by atoms with Crippen LogP contribution in [0.25, 0.3) is 22.2 Å². The molecule has 7 nitrogen and oxygen atoms in total. The van der Waals surface area contributed by atoms with Gasteiger partial charge in [-0.05, 0) is 54.1 Å². The van der Waals surface area contributed by atoms with Crippen molar-refractivity contribution in [1.82, 2.24) is 20.1 Å². The zero-order valence-electron chi connectivity index (χ0n) is 17.6. The van der Waals surface area contributed by atoms with Crippen LogP contribution in [-0.4, -0.2) is 51.8 Å². The maximum atomic E-state index is 13.0. The molecule has 0 spiro atoms. The second kappa shape index (κ2) is 9.49. The number of amides is 1. The summed E-state index contributed by atoms with van der Waals surface area (Å²) in [6.07, 6.45) is 2.88. The van der Waals surface area contributed by atoms with Crippen molar-refractivity contribution in [1.29, 1.82) is 0 Å². The molecule has 0 radical (unpaired) electrons. The number of anilines is 1. The molecule has 1 amide bonds. The van der Waals surface area contributed by atoms with Crippen molar-refractivity contribution >= 4 is 45.7 Å². The molecular weight excluding hydrogens is 461 g/mol. The molecular formula is C24H21Cl2N5O2. The lowest BCUT2D eigenvalue weighted by atomic mass is 10.1. The Morgan fingerprint density at radius 3 is 2.70 bits per heavy atom. The van der Waals surface area contributed by atoms with Gasteiger partial charge in [-0.2, -0.15) is 5.10 Å². The Balaban J connectivity index is 1.29. The Kier molecular flexibility index (Phi) is 6.28. The molecule has 0 aliphatic carbocycles. The molecule has 1 aliphatic heterocycles. The van der Waals surface area contributed by atoms with Gasteiger partial charge in [0.05, 0.1) is 12.1 Å². The summed E-state index contributed by atoms with van der Waals surface area (Å²) in [6.45, 7) is 2.32. The molecule has 2 aromatic heterocycles. The average molecular weight is 482 g/mol. The molecule has 3 heterocycles. The Bertz CT molecular complexity index is 1270. The standard InChI is InChI=1S/C24H21Cl2N5O2/c25-17-9-15(10-18(26)11-17)13-31-7-8-33-22(14-31)24(32)28-19-1-2-21-20(12-19)23(30-29-21)16-3-5-27-6-4-16/h1-6,9-12,22H,7-8,13-14H2,(H,28,32)(H,29,30). The van der Waals surface area contributed by atoms with Crippen molar-refractivity contribution in [2.75, 3.05) is 25.0 Å².